The molecule has 1 N–H and O–H groups in total. The van der Waals surface area contributed by atoms with E-state index in [-0.39, 0.29) is 0 Å². The van der Waals surface area contributed by atoms with Gasteiger partial charge in [-0.2, -0.15) is 5.10 Å². The minimum atomic E-state index is 0.763. The Morgan fingerprint density at radius 1 is 1.44 bits per heavy atom. The molecule has 0 radical (unpaired) electrons. The monoisotopic (exact) mass is 219 g/mol. The van der Waals surface area contributed by atoms with Gasteiger partial charge in [-0.3, -0.25) is 4.68 Å². The lowest BCUT2D eigenvalue weighted by molar-refractivity contribution is 0.467. The third kappa shape index (κ3) is 2.33. The van der Waals surface area contributed by atoms with Gasteiger partial charge in [0.1, 0.15) is 11.5 Å². The molecular weight excluding hydrogens is 202 g/mol. The Labute approximate surface area is 95.3 Å². The summed E-state index contributed by atoms with van der Waals surface area (Å²) in [4.78, 5) is 0. The number of nitrogens with one attached hydrogen (secondary N) is 1. The maximum absolute atomic E-state index is 5.63. The molecule has 0 bridgehead atoms. The van der Waals surface area contributed by atoms with Crippen LogP contribution < -0.4 is 5.32 Å². The SMILES string of the molecule is CNCc1cc(Cn2ccc(C)n2)c(C)o1. The molecule has 0 saturated heterocycles. The Bertz CT molecular complexity index is 470. The molecule has 0 aliphatic carbocycles. The van der Waals surface area contributed by atoms with Crippen LogP contribution in [0, 0.1) is 13.8 Å². The lowest BCUT2D eigenvalue weighted by Crippen LogP contribution is -2.03. The summed E-state index contributed by atoms with van der Waals surface area (Å²) < 4.78 is 7.56. The van der Waals surface area contributed by atoms with E-state index in [0.717, 1.165) is 30.3 Å². The lowest BCUT2D eigenvalue weighted by Gasteiger charge is -1.98. The predicted octanol–water partition coefficient (Wildman–Crippen LogP) is 1.86. The van der Waals surface area contributed by atoms with Crippen molar-refractivity contribution in [2.24, 2.45) is 0 Å². The quantitative estimate of drug-likeness (QED) is 0.853. The molecule has 2 heterocycles. The largest absolute Gasteiger partial charge is 0.465 e. The van der Waals surface area contributed by atoms with E-state index in [2.05, 4.69) is 16.5 Å². The van der Waals surface area contributed by atoms with E-state index < -0.39 is 0 Å². The molecule has 0 fully saturated rings. The van der Waals surface area contributed by atoms with E-state index in [0.29, 0.717) is 0 Å². The zero-order valence-corrected chi connectivity index (χ0v) is 9.95. The van der Waals surface area contributed by atoms with Crippen molar-refractivity contribution in [3.63, 3.8) is 0 Å². The van der Waals surface area contributed by atoms with E-state index >= 15 is 0 Å². The van der Waals surface area contributed by atoms with Crippen molar-refractivity contribution in [3.8, 4) is 0 Å². The fourth-order valence-corrected chi connectivity index (χ4v) is 1.73. The fourth-order valence-electron chi connectivity index (χ4n) is 1.73. The summed E-state index contributed by atoms with van der Waals surface area (Å²) in [7, 11) is 1.91. The number of furan rings is 1. The molecule has 4 heteroatoms. The van der Waals surface area contributed by atoms with Crippen molar-refractivity contribution in [2.45, 2.75) is 26.9 Å². The van der Waals surface area contributed by atoms with Crippen LogP contribution in [0.3, 0.4) is 0 Å². The van der Waals surface area contributed by atoms with Gasteiger partial charge in [-0.25, -0.2) is 0 Å². The van der Waals surface area contributed by atoms with E-state index in [9.17, 15) is 0 Å². The van der Waals surface area contributed by atoms with Crippen LogP contribution in [-0.2, 0) is 13.1 Å². The van der Waals surface area contributed by atoms with E-state index in [1.807, 2.05) is 37.8 Å². The van der Waals surface area contributed by atoms with Gasteiger partial charge < -0.3 is 9.73 Å². The molecule has 2 aromatic heterocycles. The summed E-state index contributed by atoms with van der Waals surface area (Å²) in [6.07, 6.45) is 1.99. The van der Waals surface area contributed by atoms with Crippen LogP contribution >= 0.6 is 0 Å². The molecule has 0 atom stereocenters. The molecule has 0 amide bonds. The van der Waals surface area contributed by atoms with Crippen molar-refractivity contribution in [2.75, 3.05) is 7.05 Å². The Hall–Kier alpha value is -1.55. The van der Waals surface area contributed by atoms with Crippen LogP contribution in [0.4, 0.5) is 0 Å². The standard InChI is InChI=1S/C12H17N3O/c1-9-4-5-15(14-9)8-11-6-12(7-13-3)16-10(11)2/h4-6,13H,7-8H2,1-3H3. The molecule has 0 saturated carbocycles. The molecule has 16 heavy (non-hydrogen) atoms. The molecule has 0 aliphatic heterocycles. The van der Waals surface area contributed by atoms with E-state index in [4.69, 9.17) is 4.42 Å². The minimum Gasteiger partial charge on any atom is -0.465 e. The molecule has 0 spiro atoms. The van der Waals surface area contributed by atoms with Crippen molar-refractivity contribution in [3.05, 3.63) is 41.1 Å². The van der Waals surface area contributed by atoms with Gasteiger partial charge >= 0.3 is 0 Å². The first-order chi connectivity index (χ1) is 7.69. The normalized spacial score (nSPS) is 10.9. The third-order valence-corrected chi connectivity index (χ3v) is 2.53. The third-order valence-electron chi connectivity index (χ3n) is 2.53. The maximum atomic E-state index is 5.63. The van der Waals surface area contributed by atoms with Gasteiger partial charge in [-0.05, 0) is 33.0 Å². The summed E-state index contributed by atoms with van der Waals surface area (Å²) >= 11 is 0. The van der Waals surface area contributed by atoms with Crippen LogP contribution in [-0.4, -0.2) is 16.8 Å². The zero-order chi connectivity index (χ0) is 11.5. The average Bonchev–Trinajstić information content (AvgIpc) is 2.76. The van der Waals surface area contributed by atoms with Crippen LogP contribution in [0.25, 0.3) is 0 Å². The van der Waals surface area contributed by atoms with Crippen LogP contribution in [0.1, 0.15) is 22.8 Å². The number of rotatable bonds is 4. The fraction of sp³-hybridized carbons (Fsp3) is 0.417. The Balaban J connectivity index is 2.14. The van der Waals surface area contributed by atoms with Crippen LogP contribution in [0.15, 0.2) is 22.7 Å². The summed E-state index contributed by atoms with van der Waals surface area (Å²) in [6, 6.07) is 4.09. The summed E-state index contributed by atoms with van der Waals surface area (Å²) in [5.41, 5.74) is 2.23. The van der Waals surface area contributed by atoms with Crippen molar-refractivity contribution < 1.29 is 4.42 Å². The highest BCUT2D eigenvalue weighted by Crippen LogP contribution is 2.15. The summed E-state index contributed by atoms with van der Waals surface area (Å²) in [5, 5.41) is 7.44. The lowest BCUT2D eigenvalue weighted by atomic mass is 10.2. The van der Waals surface area contributed by atoms with Crippen LogP contribution in [0.5, 0.6) is 0 Å². The van der Waals surface area contributed by atoms with E-state index in [1.54, 1.807) is 0 Å². The smallest absolute Gasteiger partial charge is 0.118 e. The van der Waals surface area contributed by atoms with Gasteiger partial charge in [0.25, 0.3) is 0 Å². The zero-order valence-electron chi connectivity index (χ0n) is 9.95. The number of nitrogens with zero attached hydrogens (tertiary/aromatic N) is 2. The van der Waals surface area contributed by atoms with Crippen molar-refractivity contribution in [1.82, 2.24) is 15.1 Å². The number of aromatic nitrogens is 2. The first kappa shape index (κ1) is 11.0. The topological polar surface area (TPSA) is 43.0 Å². The summed E-state index contributed by atoms with van der Waals surface area (Å²) in [6.45, 7) is 5.52. The molecule has 2 aromatic rings. The van der Waals surface area contributed by atoms with Gasteiger partial charge in [0, 0.05) is 11.8 Å². The predicted molar refractivity (Wildman–Crippen MR) is 62.3 cm³/mol. The highest BCUT2D eigenvalue weighted by molar-refractivity contribution is 5.21. The van der Waals surface area contributed by atoms with Gasteiger partial charge in [0.15, 0.2) is 0 Å². The maximum Gasteiger partial charge on any atom is 0.118 e. The van der Waals surface area contributed by atoms with Crippen molar-refractivity contribution >= 4 is 0 Å². The highest BCUT2D eigenvalue weighted by atomic mass is 16.3. The second-order valence-corrected chi connectivity index (χ2v) is 3.98. The molecule has 0 aromatic carbocycles. The molecule has 0 unspecified atom stereocenters. The van der Waals surface area contributed by atoms with Gasteiger partial charge in [0.2, 0.25) is 0 Å². The molecule has 0 aliphatic rings. The van der Waals surface area contributed by atoms with Gasteiger partial charge in [-0.15, -0.1) is 0 Å². The minimum absolute atomic E-state index is 0.763. The second kappa shape index (κ2) is 4.53. The first-order valence-corrected chi connectivity index (χ1v) is 5.42. The van der Waals surface area contributed by atoms with Gasteiger partial charge in [0.05, 0.1) is 18.8 Å². The number of hydrogen-bond acceptors (Lipinski definition) is 3. The Morgan fingerprint density at radius 2 is 2.25 bits per heavy atom. The molecule has 2 rings (SSSR count). The van der Waals surface area contributed by atoms with Gasteiger partial charge in [-0.1, -0.05) is 0 Å². The Morgan fingerprint density at radius 3 is 2.88 bits per heavy atom. The molecule has 4 nitrogen and oxygen atoms in total. The average molecular weight is 219 g/mol. The number of hydrogen-bond donors (Lipinski definition) is 1. The number of aryl methyl sites for hydroxylation is 2. The molecule has 86 valence electrons. The van der Waals surface area contributed by atoms with Crippen LogP contribution in [0.2, 0.25) is 0 Å². The summed E-state index contributed by atoms with van der Waals surface area (Å²) in [5.74, 6) is 1.94. The molecular formula is C12H17N3O. The Kier molecular flexibility index (Phi) is 3.10. The van der Waals surface area contributed by atoms with Crippen molar-refractivity contribution in [1.29, 1.82) is 0 Å². The first-order valence-electron chi connectivity index (χ1n) is 5.42. The highest BCUT2D eigenvalue weighted by Gasteiger charge is 2.07. The van der Waals surface area contributed by atoms with E-state index in [1.165, 1.54) is 5.56 Å². The second-order valence-electron chi connectivity index (χ2n) is 3.98.